The average Bonchev–Trinajstić information content (AvgIpc) is 2.96. The SMILES string of the molecule is CCc1ccccc1-c1nc(N2CC(C)NC(C)C2)n[nH]1. The number of rotatable bonds is 3. The van der Waals surface area contributed by atoms with Gasteiger partial charge in [-0.25, -0.2) is 0 Å². The molecule has 21 heavy (non-hydrogen) atoms. The van der Waals surface area contributed by atoms with Crippen LogP contribution in [0.25, 0.3) is 11.4 Å². The Balaban J connectivity index is 1.86. The maximum Gasteiger partial charge on any atom is 0.245 e. The summed E-state index contributed by atoms with van der Waals surface area (Å²) in [5.74, 6) is 1.66. The average molecular weight is 285 g/mol. The maximum absolute atomic E-state index is 4.71. The Kier molecular flexibility index (Phi) is 3.92. The summed E-state index contributed by atoms with van der Waals surface area (Å²) in [5.41, 5.74) is 2.44. The number of H-pyrrole nitrogens is 1. The predicted molar refractivity (Wildman–Crippen MR) is 85.5 cm³/mol. The number of aryl methyl sites for hydroxylation is 1. The highest BCUT2D eigenvalue weighted by molar-refractivity contribution is 5.61. The largest absolute Gasteiger partial charge is 0.336 e. The molecule has 112 valence electrons. The van der Waals surface area contributed by atoms with Crippen LogP contribution in [0.3, 0.4) is 0 Å². The maximum atomic E-state index is 4.71. The van der Waals surface area contributed by atoms with Crippen molar-refractivity contribution in [3.05, 3.63) is 29.8 Å². The van der Waals surface area contributed by atoms with Gasteiger partial charge in [0.15, 0.2) is 5.82 Å². The summed E-state index contributed by atoms with van der Waals surface area (Å²) < 4.78 is 0. The molecule has 1 aliphatic heterocycles. The highest BCUT2D eigenvalue weighted by Gasteiger charge is 2.24. The van der Waals surface area contributed by atoms with Gasteiger partial charge in [0.05, 0.1) is 0 Å². The van der Waals surface area contributed by atoms with Crippen LogP contribution >= 0.6 is 0 Å². The summed E-state index contributed by atoms with van der Waals surface area (Å²) in [6.45, 7) is 8.44. The van der Waals surface area contributed by atoms with Gasteiger partial charge in [-0.3, -0.25) is 5.10 Å². The van der Waals surface area contributed by atoms with E-state index >= 15 is 0 Å². The minimum Gasteiger partial charge on any atom is -0.336 e. The predicted octanol–water partition coefficient (Wildman–Crippen LogP) is 2.22. The van der Waals surface area contributed by atoms with E-state index in [-0.39, 0.29) is 0 Å². The molecule has 2 unspecified atom stereocenters. The first kappa shape index (κ1) is 14.1. The zero-order valence-electron chi connectivity index (χ0n) is 12.9. The number of benzene rings is 1. The molecule has 0 radical (unpaired) electrons. The van der Waals surface area contributed by atoms with Crippen LogP contribution in [0.5, 0.6) is 0 Å². The quantitative estimate of drug-likeness (QED) is 0.908. The molecule has 1 aromatic heterocycles. The van der Waals surface area contributed by atoms with Gasteiger partial charge in [0.25, 0.3) is 0 Å². The highest BCUT2D eigenvalue weighted by atomic mass is 15.4. The minimum atomic E-state index is 0.457. The fourth-order valence-electron chi connectivity index (χ4n) is 3.06. The van der Waals surface area contributed by atoms with Crippen molar-refractivity contribution in [2.45, 2.75) is 39.3 Å². The molecule has 2 heterocycles. The fourth-order valence-corrected chi connectivity index (χ4v) is 3.06. The number of aromatic amines is 1. The number of hydrogen-bond acceptors (Lipinski definition) is 4. The lowest BCUT2D eigenvalue weighted by molar-refractivity contribution is 0.403. The summed E-state index contributed by atoms with van der Waals surface area (Å²) in [6, 6.07) is 9.28. The molecule has 0 bridgehead atoms. The zero-order valence-corrected chi connectivity index (χ0v) is 12.9. The van der Waals surface area contributed by atoms with Crippen molar-refractivity contribution in [2.75, 3.05) is 18.0 Å². The molecule has 0 spiro atoms. The van der Waals surface area contributed by atoms with E-state index in [2.05, 4.69) is 59.4 Å². The van der Waals surface area contributed by atoms with Gasteiger partial charge in [-0.1, -0.05) is 31.2 Å². The van der Waals surface area contributed by atoms with Crippen LogP contribution < -0.4 is 10.2 Å². The topological polar surface area (TPSA) is 56.8 Å². The Hall–Kier alpha value is -1.88. The monoisotopic (exact) mass is 285 g/mol. The van der Waals surface area contributed by atoms with Crippen LogP contribution in [0.1, 0.15) is 26.3 Å². The first-order valence-electron chi connectivity index (χ1n) is 7.69. The van der Waals surface area contributed by atoms with Crippen molar-refractivity contribution < 1.29 is 0 Å². The van der Waals surface area contributed by atoms with E-state index in [9.17, 15) is 0 Å². The summed E-state index contributed by atoms with van der Waals surface area (Å²) in [5, 5.41) is 11.1. The molecule has 1 saturated heterocycles. The number of piperazine rings is 1. The minimum absolute atomic E-state index is 0.457. The van der Waals surface area contributed by atoms with Crippen LogP contribution in [0.4, 0.5) is 5.95 Å². The molecule has 1 fully saturated rings. The van der Waals surface area contributed by atoms with E-state index in [1.165, 1.54) is 5.56 Å². The van der Waals surface area contributed by atoms with Crippen LogP contribution in [0.15, 0.2) is 24.3 Å². The van der Waals surface area contributed by atoms with Crippen molar-refractivity contribution in [1.29, 1.82) is 0 Å². The lowest BCUT2D eigenvalue weighted by Gasteiger charge is -2.35. The second kappa shape index (κ2) is 5.85. The molecule has 3 rings (SSSR count). The Labute approximate surface area is 125 Å². The van der Waals surface area contributed by atoms with E-state index in [0.29, 0.717) is 12.1 Å². The second-order valence-electron chi connectivity index (χ2n) is 5.87. The Morgan fingerprint density at radius 1 is 1.19 bits per heavy atom. The van der Waals surface area contributed by atoms with Crippen LogP contribution in [-0.2, 0) is 6.42 Å². The Morgan fingerprint density at radius 2 is 1.90 bits per heavy atom. The summed E-state index contributed by atoms with van der Waals surface area (Å²) >= 11 is 0. The molecular weight excluding hydrogens is 262 g/mol. The van der Waals surface area contributed by atoms with Gasteiger partial charge in [0.2, 0.25) is 5.95 Å². The van der Waals surface area contributed by atoms with Crippen LogP contribution in [0.2, 0.25) is 0 Å². The summed E-state index contributed by atoms with van der Waals surface area (Å²) in [6.07, 6.45) is 0.994. The molecule has 0 saturated carbocycles. The second-order valence-corrected chi connectivity index (χ2v) is 5.87. The summed E-state index contributed by atoms with van der Waals surface area (Å²) in [4.78, 5) is 6.96. The molecule has 5 nitrogen and oxygen atoms in total. The van der Waals surface area contributed by atoms with Crippen molar-refractivity contribution in [3.63, 3.8) is 0 Å². The van der Waals surface area contributed by atoms with E-state index in [0.717, 1.165) is 36.8 Å². The molecule has 2 N–H and O–H groups in total. The number of hydrogen-bond donors (Lipinski definition) is 2. The third-order valence-electron chi connectivity index (χ3n) is 3.97. The smallest absolute Gasteiger partial charge is 0.245 e. The zero-order chi connectivity index (χ0) is 14.8. The van der Waals surface area contributed by atoms with Gasteiger partial charge < -0.3 is 10.2 Å². The van der Waals surface area contributed by atoms with Crippen LogP contribution in [0, 0.1) is 0 Å². The van der Waals surface area contributed by atoms with Crippen molar-refractivity contribution in [2.24, 2.45) is 0 Å². The Morgan fingerprint density at radius 3 is 2.62 bits per heavy atom. The van der Waals surface area contributed by atoms with E-state index in [1.807, 2.05) is 6.07 Å². The van der Waals surface area contributed by atoms with Crippen molar-refractivity contribution in [3.8, 4) is 11.4 Å². The van der Waals surface area contributed by atoms with Gasteiger partial charge in [-0.15, -0.1) is 5.10 Å². The molecule has 2 aromatic rings. The third-order valence-corrected chi connectivity index (χ3v) is 3.97. The van der Waals surface area contributed by atoms with E-state index < -0.39 is 0 Å². The normalized spacial score (nSPS) is 22.5. The van der Waals surface area contributed by atoms with Crippen LogP contribution in [-0.4, -0.2) is 40.4 Å². The number of anilines is 1. The first-order chi connectivity index (χ1) is 10.2. The third kappa shape index (κ3) is 2.93. The molecule has 2 atom stereocenters. The molecule has 0 aliphatic carbocycles. The van der Waals surface area contributed by atoms with Crippen molar-refractivity contribution >= 4 is 5.95 Å². The molecule has 1 aromatic carbocycles. The molecule has 0 amide bonds. The standard InChI is InChI=1S/C16H23N5/c1-4-13-7-5-6-8-14(13)15-18-16(20-19-15)21-9-11(2)17-12(3)10-21/h5-8,11-12,17H,4,9-10H2,1-3H3,(H,18,19,20). The first-order valence-corrected chi connectivity index (χ1v) is 7.69. The lowest BCUT2D eigenvalue weighted by atomic mass is 10.1. The molecule has 1 aliphatic rings. The highest BCUT2D eigenvalue weighted by Crippen LogP contribution is 2.23. The summed E-state index contributed by atoms with van der Waals surface area (Å²) in [7, 11) is 0. The van der Waals surface area contributed by atoms with Gasteiger partial charge in [-0.05, 0) is 25.8 Å². The van der Waals surface area contributed by atoms with E-state index in [4.69, 9.17) is 4.98 Å². The Bertz CT molecular complexity index is 596. The van der Waals surface area contributed by atoms with E-state index in [1.54, 1.807) is 0 Å². The van der Waals surface area contributed by atoms with Gasteiger partial charge in [0, 0.05) is 30.7 Å². The number of nitrogens with zero attached hydrogens (tertiary/aromatic N) is 3. The lowest BCUT2D eigenvalue weighted by Crippen LogP contribution is -2.54. The molecular formula is C16H23N5. The fraction of sp³-hybridized carbons (Fsp3) is 0.500. The van der Waals surface area contributed by atoms with Gasteiger partial charge in [-0.2, -0.15) is 4.98 Å². The number of aromatic nitrogens is 3. The molecule has 5 heteroatoms. The number of nitrogens with one attached hydrogen (secondary N) is 2. The van der Waals surface area contributed by atoms with Gasteiger partial charge in [0.1, 0.15) is 0 Å². The van der Waals surface area contributed by atoms with Crippen molar-refractivity contribution in [1.82, 2.24) is 20.5 Å². The van der Waals surface area contributed by atoms with Gasteiger partial charge >= 0.3 is 0 Å².